The SMILES string of the molecule is CN=C(NCCCOCC(C)C)NCc1cccc(COC(C)(C)C)c1. The average molecular weight is 364 g/mol. The monoisotopic (exact) mass is 363 g/mol. The van der Waals surface area contributed by atoms with Gasteiger partial charge in [0.15, 0.2) is 5.96 Å². The van der Waals surface area contributed by atoms with Gasteiger partial charge in [-0.1, -0.05) is 38.1 Å². The molecular weight excluding hydrogens is 326 g/mol. The second kappa shape index (κ2) is 11.9. The van der Waals surface area contributed by atoms with Crippen molar-refractivity contribution in [2.45, 2.75) is 59.8 Å². The summed E-state index contributed by atoms with van der Waals surface area (Å²) >= 11 is 0. The Kier molecular flexibility index (Phi) is 10.3. The predicted molar refractivity (Wildman–Crippen MR) is 109 cm³/mol. The summed E-state index contributed by atoms with van der Waals surface area (Å²) in [6.07, 6.45) is 0.965. The number of hydrogen-bond acceptors (Lipinski definition) is 3. The number of rotatable bonds is 10. The molecule has 0 aliphatic rings. The van der Waals surface area contributed by atoms with Crippen molar-refractivity contribution in [1.29, 1.82) is 0 Å². The number of nitrogens with one attached hydrogen (secondary N) is 2. The molecule has 0 aliphatic carbocycles. The fourth-order valence-corrected chi connectivity index (χ4v) is 2.24. The first-order valence-corrected chi connectivity index (χ1v) is 9.54. The van der Waals surface area contributed by atoms with Gasteiger partial charge in [-0.15, -0.1) is 0 Å². The van der Waals surface area contributed by atoms with E-state index >= 15 is 0 Å². The highest BCUT2D eigenvalue weighted by atomic mass is 16.5. The van der Waals surface area contributed by atoms with Gasteiger partial charge in [-0.05, 0) is 44.2 Å². The molecule has 0 radical (unpaired) electrons. The fourth-order valence-electron chi connectivity index (χ4n) is 2.24. The van der Waals surface area contributed by atoms with E-state index < -0.39 is 0 Å². The molecule has 1 rings (SSSR count). The predicted octanol–water partition coefficient (Wildman–Crippen LogP) is 3.73. The van der Waals surface area contributed by atoms with Gasteiger partial charge in [-0.3, -0.25) is 4.99 Å². The summed E-state index contributed by atoms with van der Waals surface area (Å²) in [5.74, 6) is 1.40. The van der Waals surface area contributed by atoms with Crippen LogP contribution in [-0.4, -0.2) is 38.4 Å². The van der Waals surface area contributed by atoms with Crippen LogP contribution < -0.4 is 10.6 Å². The van der Waals surface area contributed by atoms with E-state index in [2.05, 4.69) is 74.5 Å². The zero-order valence-corrected chi connectivity index (χ0v) is 17.4. The molecule has 0 aromatic heterocycles. The minimum absolute atomic E-state index is 0.126. The van der Waals surface area contributed by atoms with E-state index in [0.717, 1.165) is 38.7 Å². The maximum atomic E-state index is 5.85. The van der Waals surface area contributed by atoms with Crippen LogP contribution in [0.4, 0.5) is 0 Å². The minimum atomic E-state index is -0.126. The molecule has 5 heteroatoms. The highest BCUT2D eigenvalue weighted by Gasteiger charge is 2.10. The molecule has 0 saturated heterocycles. The van der Waals surface area contributed by atoms with E-state index in [1.54, 1.807) is 7.05 Å². The van der Waals surface area contributed by atoms with E-state index in [-0.39, 0.29) is 5.60 Å². The van der Waals surface area contributed by atoms with Crippen LogP contribution in [0.2, 0.25) is 0 Å². The second-order valence-electron chi connectivity index (χ2n) is 7.90. The Bertz CT molecular complexity index is 536. The van der Waals surface area contributed by atoms with Crippen molar-refractivity contribution in [3.05, 3.63) is 35.4 Å². The van der Waals surface area contributed by atoms with Crippen molar-refractivity contribution in [2.24, 2.45) is 10.9 Å². The van der Waals surface area contributed by atoms with Crippen molar-refractivity contribution in [1.82, 2.24) is 10.6 Å². The molecule has 0 unspecified atom stereocenters. The summed E-state index contributed by atoms with van der Waals surface area (Å²) in [5.41, 5.74) is 2.27. The number of guanidine groups is 1. The number of hydrogen-bond donors (Lipinski definition) is 2. The standard InChI is InChI=1S/C21H37N3O2/c1-17(2)15-25-12-8-11-23-20(22-6)24-14-18-9-7-10-19(13-18)16-26-21(3,4)5/h7,9-10,13,17H,8,11-12,14-16H2,1-6H3,(H2,22,23,24). The summed E-state index contributed by atoms with van der Waals surface area (Å²) in [5, 5.41) is 6.67. The average Bonchev–Trinajstić information content (AvgIpc) is 2.58. The molecule has 26 heavy (non-hydrogen) atoms. The third-order valence-corrected chi connectivity index (χ3v) is 3.56. The van der Waals surface area contributed by atoms with E-state index in [9.17, 15) is 0 Å². The summed E-state index contributed by atoms with van der Waals surface area (Å²) in [6, 6.07) is 8.45. The quantitative estimate of drug-likeness (QED) is 0.378. The van der Waals surface area contributed by atoms with Crippen LogP contribution in [0.5, 0.6) is 0 Å². The first-order chi connectivity index (χ1) is 12.3. The lowest BCUT2D eigenvalue weighted by atomic mass is 10.1. The third kappa shape index (κ3) is 11.1. The van der Waals surface area contributed by atoms with Gasteiger partial charge in [0.2, 0.25) is 0 Å². The summed E-state index contributed by atoms with van der Waals surface area (Å²) in [7, 11) is 1.79. The molecule has 0 aliphatic heterocycles. The maximum absolute atomic E-state index is 5.85. The molecule has 1 aromatic rings. The van der Waals surface area contributed by atoms with Gasteiger partial charge in [-0.2, -0.15) is 0 Å². The Morgan fingerprint density at radius 2 is 1.88 bits per heavy atom. The molecule has 148 valence electrons. The summed E-state index contributed by atoms with van der Waals surface area (Å²) in [4.78, 5) is 4.27. The molecule has 0 amide bonds. The second-order valence-corrected chi connectivity index (χ2v) is 7.90. The number of nitrogens with zero attached hydrogens (tertiary/aromatic N) is 1. The minimum Gasteiger partial charge on any atom is -0.381 e. The molecule has 2 N–H and O–H groups in total. The zero-order chi connectivity index (χ0) is 19.4. The van der Waals surface area contributed by atoms with E-state index in [1.165, 1.54) is 11.1 Å². The molecular formula is C21H37N3O2. The zero-order valence-electron chi connectivity index (χ0n) is 17.4. The molecule has 0 atom stereocenters. The molecule has 0 bridgehead atoms. The van der Waals surface area contributed by atoms with Crippen molar-refractivity contribution in [2.75, 3.05) is 26.8 Å². The Hall–Kier alpha value is -1.59. The number of benzene rings is 1. The number of aliphatic imine (C=N–C) groups is 1. The van der Waals surface area contributed by atoms with Crippen LogP contribution in [0, 0.1) is 5.92 Å². The van der Waals surface area contributed by atoms with Crippen molar-refractivity contribution < 1.29 is 9.47 Å². The highest BCUT2D eigenvalue weighted by Crippen LogP contribution is 2.13. The van der Waals surface area contributed by atoms with Crippen LogP contribution in [0.1, 0.15) is 52.2 Å². The summed E-state index contributed by atoms with van der Waals surface area (Å²) in [6.45, 7) is 14.3. The van der Waals surface area contributed by atoms with E-state index in [0.29, 0.717) is 12.5 Å². The smallest absolute Gasteiger partial charge is 0.191 e. The van der Waals surface area contributed by atoms with Crippen molar-refractivity contribution >= 4 is 5.96 Å². The van der Waals surface area contributed by atoms with Gasteiger partial charge in [0, 0.05) is 33.4 Å². The van der Waals surface area contributed by atoms with E-state index in [4.69, 9.17) is 9.47 Å². The Labute approximate surface area is 159 Å². The molecule has 0 spiro atoms. The van der Waals surface area contributed by atoms with Crippen LogP contribution in [0.15, 0.2) is 29.3 Å². The van der Waals surface area contributed by atoms with Crippen LogP contribution in [0.3, 0.4) is 0 Å². The third-order valence-electron chi connectivity index (χ3n) is 3.56. The van der Waals surface area contributed by atoms with Crippen LogP contribution in [-0.2, 0) is 22.6 Å². The van der Waals surface area contributed by atoms with Crippen molar-refractivity contribution in [3.8, 4) is 0 Å². The van der Waals surface area contributed by atoms with Gasteiger partial charge >= 0.3 is 0 Å². The maximum Gasteiger partial charge on any atom is 0.191 e. The lowest BCUT2D eigenvalue weighted by Gasteiger charge is -2.19. The fraction of sp³-hybridized carbons (Fsp3) is 0.667. The van der Waals surface area contributed by atoms with Crippen molar-refractivity contribution in [3.63, 3.8) is 0 Å². The van der Waals surface area contributed by atoms with Gasteiger partial charge in [0.1, 0.15) is 0 Å². The van der Waals surface area contributed by atoms with Gasteiger partial charge in [0.05, 0.1) is 12.2 Å². The molecule has 0 fully saturated rings. The van der Waals surface area contributed by atoms with Gasteiger partial charge in [-0.25, -0.2) is 0 Å². The van der Waals surface area contributed by atoms with E-state index in [1.807, 2.05) is 0 Å². The van der Waals surface area contributed by atoms with Gasteiger partial charge in [0.25, 0.3) is 0 Å². The topological polar surface area (TPSA) is 54.9 Å². The Balaban J connectivity index is 2.32. The lowest BCUT2D eigenvalue weighted by molar-refractivity contribution is -0.0149. The highest BCUT2D eigenvalue weighted by molar-refractivity contribution is 5.79. The summed E-state index contributed by atoms with van der Waals surface area (Å²) < 4.78 is 11.4. The molecule has 1 aromatic carbocycles. The molecule has 0 saturated carbocycles. The Morgan fingerprint density at radius 3 is 2.54 bits per heavy atom. The lowest BCUT2D eigenvalue weighted by Crippen LogP contribution is -2.37. The van der Waals surface area contributed by atoms with Crippen LogP contribution in [0.25, 0.3) is 0 Å². The van der Waals surface area contributed by atoms with Crippen LogP contribution >= 0.6 is 0 Å². The molecule has 5 nitrogen and oxygen atoms in total. The number of ether oxygens (including phenoxy) is 2. The molecule has 0 heterocycles. The first kappa shape index (κ1) is 22.5. The Morgan fingerprint density at radius 1 is 1.15 bits per heavy atom. The largest absolute Gasteiger partial charge is 0.381 e. The first-order valence-electron chi connectivity index (χ1n) is 9.54. The van der Waals surface area contributed by atoms with Gasteiger partial charge < -0.3 is 20.1 Å². The normalized spacial score (nSPS) is 12.5.